The lowest BCUT2D eigenvalue weighted by molar-refractivity contribution is 0.393. The van der Waals surface area contributed by atoms with E-state index in [9.17, 15) is 8.42 Å². The lowest BCUT2D eigenvalue weighted by Crippen LogP contribution is -2.34. The molecule has 0 aliphatic rings. The van der Waals surface area contributed by atoms with E-state index in [0.717, 1.165) is 0 Å². The van der Waals surface area contributed by atoms with Gasteiger partial charge in [0.2, 0.25) is 10.0 Å². The Balaban J connectivity index is 3.03. The number of nitriles is 1. The van der Waals surface area contributed by atoms with Crippen LogP contribution in [0.4, 0.5) is 5.69 Å². The minimum Gasteiger partial charge on any atom is -0.399 e. The number of benzene rings is 1. The highest BCUT2D eigenvalue weighted by molar-refractivity contribution is 7.89. The van der Waals surface area contributed by atoms with Crippen LogP contribution in [0, 0.1) is 11.3 Å². The molecule has 1 aromatic rings. The van der Waals surface area contributed by atoms with Crippen molar-refractivity contribution < 1.29 is 8.42 Å². The second kappa shape index (κ2) is 5.17. The molecule has 0 aromatic heterocycles. The van der Waals surface area contributed by atoms with Crippen LogP contribution in [0.5, 0.6) is 0 Å². The average molecular weight is 253 g/mol. The van der Waals surface area contributed by atoms with Gasteiger partial charge in [-0.25, -0.2) is 8.42 Å². The molecule has 92 valence electrons. The molecule has 0 radical (unpaired) electrons. The van der Waals surface area contributed by atoms with Crippen LogP contribution in [0.1, 0.15) is 13.3 Å². The summed E-state index contributed by atoms with van der Waals surface area (Å²) in [5.41, 5.74) is 6.01. The summed E-state index contributed by atoms with van der Waals surface area (Å²) < 4.78 is 25.5. The summed E-state index contributed by atoms with van der Waals surface area (Å²) in [4.78, 5) is 0.180. The Morgan fingerprint density at radius 1 is 1.41 bits per heavy atom. The van der Waals surface area contributed by atoms with E-state index in [0.29, 0.717) is 5.69 Å². The summed E-state index contributed by atoms with van der Waals surface area (Å²) in [5.74, 6) is 0. The van der Waals surface area contributed by atoms with Gasteiger partial charge in [0.1, 0.15) is 0 Å². The quantitative estimate of drug-likeness (QED) is 0.816. The van der Waals surface area contributed by atoms with Crippen LogP contribution in [0.15, 0.2) is 29.2 Å². The third kappa shape index (κ3) is 2.96. The van der Waals surface area contributed by atoms with Crippen molar-refractivity contribution in [2.45, 2.75) is 24.3 Å². The molecule has 1 atom stereocenters. The molecular weight excluding hydrogens is 238 g/mol. The molecule has 0 bridgehead atoms. The van der Waals surface area contributed by atoms with E-state index in [4.69, 9.17) is 11.0 Å². The Hall–Kier alpha value is -1.58. The predicted octanol–water partition coefficient (Wildman–Crippen LogP) is 1.19. The van der Waals surface area contributed by atoms with Crippen molar-refractivity contribution in [2.24, 2.45) is 0 Å². The van der Waals surface area contributed by atoms with Crippen LogP contribution in [-0.2, 0) is 10.0 Å². The minimum atomic E-state index is -3.55. The molecule has 0 amide bonds. The van der Waals surface area contributed by atoms with Gasteiger partial charge in [0.15, 0.2) is 0 Å². The Morgan fingerprint density at radius 2 is 1.94 bits per heavy atom. The van der Waals surface area contributed by atoms with Gasteiger partial charge >= 0.3 is 0 Å². The van der Waals surface area contributed by atoms with Gasteiger partial charge in [-0.3, -0.25) is 0 Å². The number of hydrogen-bond donors (Lipinski definition) is 1. The van der Waals surface area contributed by atoms with Gasteiger partial charge in [-0.15, -0.1) is 0 Å². The monoisotopic (exact) mass is 253 g/mol. The van der Waals surface area contributed by atoms with E-state index in [-0.39, 0.29) is 17.4 Å². The summed E-state index contributed by atoms with van der Waals surface area (Å²) in [6.45, 7) is 1.69. The standard InChI is InChI=1S/C11H15N3O2S/c1-9(7-8-12)14(2)17(15,16)11-5-3-10(13)4-6-11/h3-6,9H,7,13H2,1-2H3. The Kier molecular flexibility index (Phi) is 4.10. The average Bonchev–Trinajstić information content (AvgIpc) is 2.29. The largest absolute Gasteiger partial charge is 0.399 e. The van der Waals surface area contributed by atoms with E-state index >= 15 is 0 Å². The number of nitrogens with two attached hydrogens (primary N) is 1. The van der Waals surface area contributed by atoms with Crippen molar-refractivity contribution in [3.05, 3.63) is 24.3 Å². The van der Waals surface area contributed by atoms with Crippen LogP contribution < -0.4 is 5.73 Å². The summed E-state index contributed by atoms with van der Waals surface area (Å²) in [6.07, 6.45) is 0.157. The van der Waals surface area contributed by atoms with Crippen molar-refractivity contribution in [1.29, 1.82) is 5.26 Å². The highest BCUT2D eigenvalue weighted by Gasteiger charge is 2.24. The Bertz CT molecular complexity index is 517. The first-order valence-electron chi connectivity index (χ1n) is 5.10. The summed E-state index contributed by atoms with van der Waals surface area (Å²) in [5, 5.41) is 8.57. The molecule has 0 saturated carbocycles. The Morgan fingerprint density at radius 3 is 2.41 bits per heavy atom. The molecule has 0 aliphatic carbocycles. The van der Waals surface area contributed by atoms with Gasteiger partial charge in [-0.2, -0.15) is 9.57 Å². The van der Waals surface area contributed by atoms with Crippen LogP contribution in [0.2, 0.25) is 0 Å². The van der Waals surface area contributed by atoms with E-state index in [1.807, 2.05) is 6.07 Å². The zero-order valence-electron chi connectivity index (χ0n) is 9.79. The maximum atomic E-state index is 12.1. The zero-order valence-corrected chi connectivity index (χ0v) is 10.6. The first kappa shape index (κ1) is 13.5. The van der Waals surface area contributed by atoms with Gasteiger partial charge in [-0.1, -0.05) is 0 Å². The first-order valence-corrected chi connectivity index (χ1v) is 6.54. The second-order valence-electron chi connectivity index (χ2n) is 3.80. The van der Waals surface area contributed by atoms with E-state index in [1.54, 1.807) is 6.92 Å². The van der Waals surface area contributed by atoms with Gasteiger partial charge in [0, 0.05) is 18.8 Å². The van der Waals surface area contributed by atoms with E-state index in [1.165, 1.54) is 35.6 Å². The molecule has 5 nitrogen and oxygen atoms in total. The fourth-order valence-corrected chi connectivity index (χ4v) is 2.66. The van der Waals surface area contributed by atoms with Gasteiger partial charge in [0.05, 0.1) is 17.4 Å². The van der Waals surface area contributed by atoms with Gasteiger partial charge < -0.3 is 5.73 Å². The molecule has 0 spiro atoms. The van der Waals surface area contributed by atoms with Crippen molar-refractivity contribution in [3.8, 4) is 6.07 Å². The lowest BCUT2D eigenvalue weighted by Gasteiger charge is -2.22. The van der Waals surface area contributed by atoms with Gasteiger partial charge in [-0.05, 0) is 31.2 Å². The smallest absolute Gasteiger partial charge is 0.243 e. The fourth-order valence-electron chi connectivity index (χ4n) is 1.30. The van der Waals surface area contributed by atoms with Crippen LogP contribution in [-0.4, -0.2) is 25.8 Å². The molecule has 0 saturated heterocycles. The number of nitrogen functional groups attached to an aromatic ring is 1. The highest BCUT2D eigenvalue weighted by Crippen LogP contribution is 2.18. The SMILES string of the molecule is CC(CC#N)N(C)S(=O)(=O)c1ccc(N)cc1. The predicted molar refractivity (Wildman–Crippen MR) is 65.5 cm³/mol. The molecular formula is C11H15N3O2S. The van der Waals surface area contributed by atoms with Crippen LogP contribution in [0.25, 0.3) is 0 Å². The van der Waals surface area contributed by atoms with Crippen molar-refractivity contribution in [3.63, 3.8) is 0 Å². The number of nitrogens with zero attached hydrogens (tertiary/aromatic N) is 2. The lowest BCUT2D eigenvalue weighted by atomic mass is 10.3. The van der Waals surface area contributed by atoms with Gasteiger partial charge in [0.25, 0.3) is 0 Å². The van der Waals surface area contributed by atoms with Crippen molar-refractivity contribution >= 4 is 15.7 Å². The molecule has 6 heteroatoms. The van der Waals surface area contributed by atoms with Crippen LogP contribution in [0.3, 0.4) is 0 Å². The maximum absolute atomic E-state index is 12.1. The maximum Gasteiger partial charge on any atom is 0.243 e. The number of anilines is 1. The third-order valence-corrected chi connectivity index (χ3v) is 4.55. The molecule has 0 heterocycles. The normalized spacial score (nSPS) is 13.3. The zero-order chi connectivity index (χ0) is 13.1. The minimum absolute atomic E-state index is 0.157. The first-order chi connectivity index (χ1) is 7.89. The van der Waals surface area contributed by atoms with Crippen LogP contribution >= 0.6 is 0 Å². The molecule has 0 fully saturated rings. The molecule has 1 aromatic carbocycles. The summed E-state index contributed by atoms with van der Waals surface area (Å²) >= 11 is 0. The molecule has 2 N–H and O–H groups in total. The van der Waals surface area contributed by atoms with E-state index in [2.05, 4.69) is 0 Å². The number of hydrogen-bond acceptors (Lipinski definition) is 4. The second-order valence-corrected chi connectivity index (χ2v) is 5.80. The highest BCUT2D eigenvalue weighted by atomic mass is 32.2. The van der Waals surface area contributed by atoms with Crippen molar-refractivity contribution in [1.82, 2.24) is 4.31 Å². The number of sulfonamides is 1. The molecule has 1 unspecified atom stereocenters. The molecule has 0 aliphatic heterocycles. The molecule has 1 rings (SSSR count). The topological polar surface area (TPSA) is 87.2 Å². The Labute approximate surface area is 102 Å². The number of rotatable bonds is 4. The summed E-state index contributed by atoms with van der Waals surface area (Å²) in [7, 11) is -2.08. The third-order valence-electron chi connectivity index (χ3n) is 2.56. The van der Waals surface area contributed by atoms with E-state index < -0.39 is 10.0 Å². The van der Waals surface area contributed by atoms with Crippen molar-refractivity contribution in [2.75, 3.05) is 12.8 Å². The molecule has 17 heavy (non-hydrogen) atoms. The summed E-state index contributed by atoms with van der Waals surface area (Å²) in [6, 6.07) is 7.59. The fraction of sp³-hybridized carbons (Fsp3) is 0.364.